The molecule has 0 unspecified atom stereocenters. The van der Waals surface area contributed by atoms with E-state index in [2.05, 4.69) is 4.98 Å². The van der Waals surface area contributed by atoms with Crippen LogP contribution >= 0.6 is 0 Å². The summed E-state index contributed by atoms with van der Waals surface area (Å²) in [4.78, 5) is 37.2. The van der Waals surface area contributed by atoms with Crippen molar-refractivity contribution in [2.45, 2.75) is 38.7 Å². The number of pyridine rings is 1. The Balaban J connectivity index is 0.000000412. The zero-order chi connectivity index (χ0) is 19.7. The minimum absolute atomic E-state index is 0.137. The second-order valence-electron chi connectivity index (χ2n) is 5.48. The van der Waals surface area contributed by atoms with Crippen LogP contribution in [0.2, 0.25) is 0 Å². The molecule has 0 bridgehead atoms. The van der Waals surface area contributed by atoms with Gasteiger partial charge in [0, 0.05) is 26.2 Å². The van der Waals surface area contributed by atoms with E-state index in [1.807, 2.05) is 18.2 Å². The van der Waals surface area contributed by atoms with Crippen molar-refractivity contribution in [1.29, 1.82) is 0 Å². The van der Waals surface area contributed by atoms with Gasteiger partial charge in [0.05, 0.1) is 18.4 Å². The van der Waals surface area contributed by atoms with E-state index in [1.165, 1.54) is 6.92 Å². The lowest BCUT2D eigenvalue weighted by Gasteiger charge is -2.31. The zero-order valence-corrected chi connectivity index (χ0v) is 14.0. The molecule has 0 spiro atoms. The van der Waals surface area contributed by atoms with Crippen molar-refractivity contribution in [2.75, 3.05) is 13.1 Å². The van der Waals surface area contributed by atoms with Gasteiger partial charge >= 0.3 is 12.1 Å². The highest BCUT2D eigenvalue weighted by atomic mass is 19.4. The van der Waals surface area contributed by atoms with Crippen LogP contribution in [0.5, 0.6) is 0 Å². The van der Waals surface area contributed by atoms with Crippen molar-refractivity contribution in [3.63, 3.8) is 0 Å². The van der Waals surface area contributed by atoms with Gasteiger partial charge in [0.1, 0.15) is 0 Å². The van der Waals surface area contributed by atoms with Gasteiger partial charge in [-0.3, -0.25) is 14.6 Å². The van der Waals surface area contributed by atoms with Crippen LogP contribution in [0.4, 0.5) is 13.2 Å². The van der Waals surface area contributed by atoms with Crippen LogP contribution in [0, 0.1) is 0 Å². The monoisotopic (exact) mass is 376 g/mol. The average molecular weight is 376 g/mol. The number of carbonyl (C=O) groups is 3. The maximum atomic E-state index is 11.5. The van der Waals surface area contributed by atoms with E-state index in [4.69, 9.17) is 14.6 Å². The van der Waals surface area contributed by atoms with Gasteiger partial charge in [0.25, 0.3) is 5.91 Å². The summed E-state index contributed by atoms with van der Waals surface area (Å²) >= 11 is 0. The maximum Gasteiger partial charge on any atom is 0.490 e. The molecule has 1 amide bonds. The van der Waals surface area contributed by atoms with Gasteiger partial charge in [-0.05, 0) is 25.0 Å². The number of likely N-dealkylation sites (tertiary alicyclic amines) is 1. The number of aliphatic carboxylic acids is 1. The van der Waals surface area contributed by atoms with Crippen molar-refractivity contribution in [3.05, 3.63) is 30.1 Å². The van der Waals surface area contributed by atoms with E-state index >= 15 is 0 Å². The molecule has 0 radical (unpaired) electrons. The number of nitrogens with zero attached hydrogens (tertiary/aromatic N) is 2. The molecule has 1 aliphatic heterocycles. The van der Waals surface area contributed by atoms with Gasteiger partial charge in [-0.2, -0.15) is 13.2 Å². The van der Waals surface area contributed by atoms with E-state index in [0.29, 0.717) is 19.7 Å². The molecule has 0 aliphatic carbocycles. The Bertz CT molecular complexity index is 614. The number of carbonyl (C=O) groups excluding carboxylic acids is 2. The first-order valence-electron chi connectivity index (χ1n) is 7.72. The summed E-state index contributed by atoms with van der Waals surface area (Å²) in [5.74, 6) is -3.54. The maximum absolute atomic E-state index is 11.5. The van der Waals surface area contributed by atoms with Crippen molar-refractivity contribution in [3.8, 4) is 0 Å². The first kappa shape index (κ1) is 21.6. The van der Waals surface area contributed by atoms with Crippen LogP contribution in [-0.2, 0) is 25.7 Å². The number of halogens is 3. The fourth-order valence-electron chi connectivity index (χ4n) is 2.13. The molecule has 1 saturated heterocycles. The van der Waals surface area contributed by atoms with Gasteiger partial charge in [-0.15, -0.1) is 0 Å². The topological polar surface area (TPSA) is 96.8 Å². The third-order valence-electron chi connectivity index (χ3n) is 3.47. The lowest BCUT2D eigenvalue weighted by atomic mass is 10.1. The number of ether oxygens (including phenoxy) is 1. The summed E-state index contributed by atoms with van der Waals surface area (Å²) < 4.78 is 37.5. The summed E-state index contributed by atoms with van der Waals surface area (Å²) in [6, 6.07) is 5.73. The minimum Gasteiger partial charge on any atom is -0.475 e. The van der Waals surface area contributed by atoms with Crippen LogP contribution in [0.25, 0.3) is 0 Å². The standard InChI is InChI=1S/C14H18N2O3.C2HF3O2/c1-11(17)14(18)16-8-5-13(6-9-16)19-10-12-4-2-3-7-15-12;3-2(4,5)1(6)7/h2-4,7,13H,5-6,8-10H2,1H3;(H,6,7). The summed E-state index contributed by atoms with van der Waals surface area (Å²) in [5, 5.41) is 7.12. The number of carboxylic acid groups (broad SMARTS) is 1. The Hall–Kier alpha value is -2.49. The van der Waals surface area contributed by atoms with Crippen LogP contribution in [-0.4, -0.2) is 58.0 Å². The molecule has 0 atom stereocenters. The number of rotatable bonds is 4. The molecule has 10 heteroatoms. The predicted octanol–water partition coefficient (Wildman–Crippen LogP) is 1.81. The molecule has 0 aromatic carbocycles. The third kappa shape index (κ3) is 7.60. The fraction of sp³-hybridized carbons (Fsp3) is 0.500. The molecule has 1 N–H and O–H groups in total. The average Bonchev–Trinajstić information content (AvgIpc) is 2.60. The number of carboxylic acids is 1. The Labute approximate surface area is 147 Å². The molecule has 7 nitrogen and oxygen atoms in total. The van der Waals surface area contributed by atoms with E-state index in [-0.39, 0.29) is 12.0 Å². The van der Waals surface area contributed by atoms with E-state index < -0.39 is 17.9 Å². The molecule has 2 heterocycles. The van der Waals surface area contributed by atoms with Gasteiger partial charge in [-0.25, -0.2) is 4.79 Å². The fourth-order valence-corrected chi connectivity index (χ4v) is 2.13. The number of alkyl halides is 3. The largest absolute Gasteiger partial charge is 0.490 e. The Morgan fingerprint density at radius 3 is 2.27 bits per heavy atom. The second-order valence-corrected chi connectivity index (χ2v) is 5.48. The molecule has 1 fully saturated rings. The van der Waals surface area contributed by atoms with Crippen molar-refractivity contribution < 1.29 is 37.4 Å². The number of piperidine rings is 1. The summed E-state index contributed by atoms with van der Waals surface area (Å²) in [5.41, 5.74) is 0.907. The highest BCUT2D eigenvalue weighted by molar-refractivity contribution is 6.35. The number of Topliss-reactive ketones (excluding diaryl/α,β-unsaturated/α-hetero) is 1. The molecule has 0 saturated carbocycles. The normalized spacial score (nSPS) is 15.0. The van der Waals surface area contributed by atoms with Gasteiger partial charge in [0.15, 0.2) is 0 Å². The number of amides is 1. The Morgan fingerprint density at radius 1 is 1.27 bits per heavy atom. The lowest BCUT2D eigenvalue weighted by Crippen LogP contribution is -2.43. The summed E-state index contributed by atoms with van der Waals surface area (Å²) in [7, 11) is 0. The first-order valence-corrected chi connectivity index (χ1v) is 7.72. The molecule has 1 aliphatic rings. The van der Waals surface area contributed by atoms with Crippen molar-refractivity contribution in [2.24, 2.45) is 0 Å². The van der Waals surface area contributed by atoms with Gasteiger partial charge in [0.2, 0.25) is 5.78 Å². The number of ketones is 1. The first-order chi connectivity index (χ1) is 12.1. The number of hydrogen-bond acceptors (Lipinski definition) is 5. The van der Waals surface area contributed by atoms with Crippen molar-refractivity contribution >= 4 is 17.7 Å². The molecule has 144 valence electrons. The number of aromatic nitrogens is 1. The smallest absolute Gasteiger partial charge is 0.475 e. The van der Waals surface area contributed by atoms with Crippen LogP contribution in [0.1, 0.15) is 25.5 Å². The van der Waals surface area contributed by atoms with Gasteiger partial charge < -0.3 is 14.7 Å². The second kappa shape index (κ2) is 9.85. The van der Waals surface area contributed by atoms with Crippen LogP contribution in [0.3, 0.4) is 0 Å². The van der Waals surface area contributed by atoms with E-state index in [9.17, 15) is 22.8 Å². The Kier molecular flexibility index (Phi) is 8.17. The molecule has 1 aromatic heterocycles. The third-order valence-corrected chi connectivity index (χ3v) is 3.47. The predicted molar refractivity (Wildman–Crippen MR) is 83.0 cm³/mol. The molecule has 1 aromatic rings. The van der Waals surface area contributed by atoms with Crippen LogP contribution in [0.15, 0.2) is 24.4 Å². The molecular formula is C16H19F3N2O5. The molecule has 26 heavy (non-hydrogen) atoms. The minimum atomic E-state index is -5.08. The SMILES string of the molecule is CC(=O)C(=O)N1CCC(OCc2ccccn2)CC1.O=C(O)C(F)(F)F. The van der Waals surface area contributed by atoms with Crippen molar-refractivity contribution in [1.82, 2.24) is 9.88 Å². The highest BCUT2D eigenvalue weighted by Gasteiger charge is 2.38. The highest BCUT2D eigenvalue weighted by Crippen LogP contribution is 2.15. The summed E-state index contributed by atoms with van der Waals surface area (Å²) in [6.07, 6.45) is -1.66. The summed E-state index contributed by atoms with van der Waals surface area (Å²) in [6.45, 7) is 2.98. The lowest BCUT2D eigenvalue weighted by molar-refractivity contribution is -0.192. The Morgan fingerprint density at radius 2 is 1.85 bits per heavy atom. The quantitative estimate of drug-likeness (QED) is 0.805. The molecular weight excluding hydrogens is 357 g/mol. The van der Waals surface area contributed by atoms with Gasteiger partial charge in [-0.1, -0.05) is 6.07 Å². The van der Waals surface area contributed by atoms with E-state index in [1.54, 1.807) is 11.1 Å². The molecule has 2 rings (SSSR count). The number of hydrogen-bond donors (Lipinski definition) is 1. The zero-order valence-electron chi connectivity index (χ0n) is 14.0. The van der Waals surface area contributed by atoms with E-state index in [0.717, 1.165) is 18.5 Å². The van der Waals surface area contributed by atoms with Crippen LogP contribution < -0.4 is 0 Å².